The fourth-order valence-electron chi connectivity index (χ4n) is 1.57. The van der Waals surface area contributed by atoms with Gasteiger partial charge < -0.3 is 5.73 Å². The molecule has 0 atom stereocenters. The van der Waals surface area contributed by atoms with Crippen molar-refractivity contribution in [1.82, 2.24) is 14.3 Å². The Kier molecular flexibility index (Phi) is 4.22. The molecule has 0 saturated heterocycles. The number of anilines is 1. The Morgan fingerprint density at radius 3 is 2.30 bits per heavy atom. The monoisotopic (exact) mass is 312 g/mol. The van der Waals surface area contributed by atoms with Crippen molar-refractivity contribution in [3.8, 4) is 0 Å². The number of sulfonamides is 1. The molecule has 2 aromatic rings. The van der Waals surface area contributed by atoms with Gasteiger partial charge in [-0.05, 0) is 17.7 Å². The quantitative estimate of drug-likeness (QED) is 0.924. The van der Waals surface area contributed by atoms with Gasteiger partial charge in [0.05, 0.1) is 12.4 Å². The van der Waals surface area contributed by atoms with Gasteiger partial charge in [0.25, 0.3) is 0 Å². The zero-order chi connectivity index (χ0) is 14.8. The van der Waals surface area contributed by atoms with E-state index in [-0.39, 0.29) is 17.4 Å². The van der Waals surface area contributed by atoms with Gasteiger partial charge in [0.1, 0.15) is 4.90 Å². The average Bonchev–Trinajstić information content (AvgIpc) is 2.42. The lowest BCUT2D eigenvalue weighted by molar-refractivity contribution is 0.466. The minimum Gasteiger partial charge on any atom is -0.368 e. The number of halogens is 1. The first-order chi connectivity index (χ1) is 9.39. The molecule has 2 N–H and O–H groups in total. The van der Waals surface area contributed by atoms with E-state index in [1.165, 1.54) is 23.7 Å². The Morgan fingerprint density at radius 2 is 1.75 bits per heavy atom. The molecule has 0 unspecified atom stereocenters. The Morgan fingerprint density at radius 1 is 1.20 bits per heavy atom. The fraction of sp³-hybridized carbons (Fsp3) is 0.167. The van der Waals surface area contributed by atoms with E-state index in [0.29, 0.717) is 5.02 Å². The highest BCUT2D eigenvalue weighted by Gasteiger charge is 2.21. The summed E-state index contributed by atoms with van der Waals surface area (Å²) in [6, 6.07) is 6.97. The van der Waals surface area contributed by atoms with E-state index in [1.54, 1.807) is 24.3 Å². The van der Waals surface area contributed by atoms with Crippen LogP contribution in [0.15, 0.2) is 41.6 Å². The van der Waals surface area contributed by atoms with Crippen LogP contribution in [0.3, 0.4) is 0 Å². The highest BCUT2D eigenvalue weighted by Crippen LogP contribution is 2.17. The second kappa shape index (κ2) is 5.74. The number of benzene rings is 1. The SMILES string of the molecule is CN(Cc1ccc(Cl)cc1)S(=O)(=O)c1cnc(N)nc1. The highest BCUT2D eigenvalue weighted by atomic mass is 35.5. The molecule has 0 fully saturated rings. The van der Waals surface area contributed by atoms with Gasteiger partial charge in [-0.3, -0.25) is 0 Å². The maximum absolute atomic E-state index is 12.3. The third-order valence-electron chi connectivity index (χ3n) is 2.67. The van der Waals surface area contributed by atoms with Crippen molar-refractivity contribution >= 4 is 27.6 Å². The number of hydrogen-bond acceptors (Lipinski definition) is 5. The maximum Gasteiger partial charge on any atom is 0.246 e. The van der Waals surface area contributed by atoms with E-state index in [1.807, 2.05) is 0 Å². The van der Waals surface area contributed by atoms with Crippen LogP contribution in [0.5, 0.6) is 0 Å². The predicted molar refractivity (Wildman–Crippen MR) is 76.5 cm³/mol. The van der Waals surface area contributed by atoms with Crippen LogP contribution in [0.2, 0.25) is 5.02 Å². The number of aromatic nitrogens is 2. The van der Waals surface area contributed by atoms with Gasteiger partial charge in [-0.2, -0.15) is 4.31 Å². The molecule has 0 amide bonds. The predicted octanol–water partition coefficient (Wildman–Crippen LogP) is 1.53. The Bertz CT molecular complexity index is 686. The first kappa shape index (κ1) is 14.7. The van der Waals surface area contributed by atoms with Crippen molar-refractivity contribution in [2.75, 3.05) is 12.8 Å². The minimum absolute atomic E-state index is 0.00293. The summed E-state index contributed by atoms with van der Waals surface area (Å²) in [6.45, 7) is 0.226. The summed E-state index contributed by atoms with van der Waals surface area (Å²) in [7, 11) is -2.16. The summed E-state index contributed by atoms with van der Waals surface area (Å²) in [5, 5.41) is 0.603. The molecular formula is C12H13ClN4O2S. The van der Waals surface area contributed by atoms with Crippen LogP contribution >= 0.6 is 11.6 Å². The van der Waals surface area contributed by atoms with Crippen LogP contribution in [0.1, 0.15) is 5.56 Å². The van der Waals surface area contributed by atoms with Crippen molar-refractivity contribution in [1.29, 1.82) is 0 Å². The number of hydrogen-bond donors (Lipinski definition) is 1. The van der Waals surface area contributed by atoms with Crippen molar-refractivity contribution in [3.63, 3.8) is 0 Å². The van der Waals surface area contributed by atoms with E-state index < -0.39 is 10.0 Å². The Labute approximate surface area is 122 Å². The Balaban J connectivity index is 2.21. The molecule has 0 aliphatic heterocycles. The third-order valence-corrected chi connectivity index (χ3v) is 4.68. The van der Waals surface area contributed by atoms with Gasteiger partial charge in [0.15, 0.2) is 0 Å². The summed E-state index contributed by atoms with van der Waals surface area (Å²) in [4.78, 5) is 7.38. The second-order valence-electron chi connectivity index (χ2n) is 4.16. The van der Waals surface area contributed by atoms with E-state index in [0.717, 1.165) is 5.56 Å². The normalized spacial score (nSPS) is 11.8. The van der Waals surface area contributed by atoms with Crippen LogP contribution in [0.25, 0.3) is 0 Å². The molecule has 0 aliphatic rings. The number of nitrogen functional groups attached to an aromatic ring is 1. The molecule has 20 heavy (non-hydrogen) atoms. The summed E-state index contributed by atoms with van der Waals surface area (Å²) >= 11 is 5.79. The average molecular weight is 313 g/mol. The van der Waals surface area contributed by atoms with Gasteiger partial charge in [0, 0.05) is 18.6 Å². The van der Waals surface area contributed by atoms with E-state index in [4.69, 9.17) is 17.3 Å². The van der Waals surface area contributed by atoms with Crippen molar-refractivity contribution in [2.45, 2.75) is 11.4 Å². The number of rotatable bonds is 4. The number of nitrogens with zero attached hydrogens (tertiary/aromatic N) is 3. The van der Waals surface area contributed by atoms with Crippen LogP contribution in [-0.2, 0) is 16.6 Å². The smallest absolute Gasteiger partial charge is 0.246 e. The molecule has 106 valence electrons. The van der Waals surface area contributed by atoms with Crippen LogP contribution in [0, 0.1) is 0 Å². The molecule has 0 saturated carbocycles. The maximum atomic E-state index is 12.3. The largest absolute Gasteiger partial charge is 0.368 e. The first-order valence-corrected chi connectivity index (χ1v) is 7.50. The van der Waals surface area contributed by atoms with E-state index in [9.17, 15) is 8.42 Å². The van der Waals surface area contributed by atoms with Gasteiger partial charge in [-0.15, -0.1) is 0 Å². The van der Waals surface area contributed by atoms with Crippen LogP contribution in [0.4, 0.5) is 5.95 Å². The molecule has 1 aromatic heterocycles. The second-order valence-corrected chi connectivity index (χ2v) is 6.65. The molecule has 2 rings (SSSR count). The lowest BCUT2D eigenvalue weighted by atomic mass is 10.2. The molecule has 0 spiro atoms. The fourth-order valence-corrected chi connectivity index (χ4v) is 2.75. The van der Waals surface area contributed by atoms with Crippen LogP contribution in [-0.4, -0.2) is 29.7 Å². The Hall–Kier alpha value is -1.70. The van der Waals surface area contributed by atoms with Gasteiger partial charge in [-0.1, -0.05) is 23.7 Å². The molecule has 6 nitrogen and oxygen atoms in total. The van der Waals surface area contributed by atoms with Crippen molar-refractivity contribution in [2.24, 2.45) is 0 Å². The molecular weight excluding hydrogens is 300 g/mol. The van der Waals surface area contributed by atoms with E-state index in [2.05, 4.69) is 9.97 Å². The summed E-state index contributed by atoms with van der Waals surface area (Å²) in [6.07, 6.45) is 2.38. The topological polar surface area (TPSA) is 89.2 Å². The van der Waals surface area contributed by atoms with Gasteiger partial charge >= 0.3 is 0 Å². The highest BCUT2D eigenvalue weighted by molar-refractivity contribution is 7.89. The minimum atomic E-state index is -3.64. The molecule has 1 heterocycles. The molecule has 8 heteroatoms. The van der Waals surface area contributed by atoms with Crippen molar-refractivity contribution < 1.29 is 8.42 Å². The zero-order valence-electron chi connectivity index (χ0n) is 10.7. The molecule has 0 aliphatic carbocycles. The first-order valence-electron chi connectivity index (χ1n) is 5.68. The molecule has 0 radical (unpaired) electrons. The van der Waals surface area contributed by atoms with E-state index >= 15 is 0 Å². The standard InChI is InChI=1S/C12H13ClN4O2S/c1-17(8-9-2-4-10(13)5-3-9)20(18,19)11-6-15-12(14)16-7-11/h2-7H,8H2,1H3,(H2,14,15,16). The summed E-state index contributed by atoms with van der Waals surface area (Å²) in [5.41, 5.74) is 6.17. The third kappa shape index (κ3) is 3.24. The zero-order valence-corrected chi connectivity index (χ0v) is 12.3. The number of nitrogens with two attached hydrogens (primary N) is 1. The molecule has 1 aromatic carbocycles. The summed E-state index contributed by atoms with van der Waals surface area (Å²) in [5.74, 6) is 0.0318. The van der Waals surface area contributed by atoms with Gasteiger partial charge in [0.2, 0.25) is 16.0 Å². The summed E-state index contributed by atoms with van der Waals surface area (Å²) < 4.78 is 25.8. The van der Waals surface area contributed by atoms with Crippen molar-refractivity contribution in [3.05, 3.63) is 47.2 Å². The van der Waals surface area contributed by atoms with Gasteiger partial charge in [-0.25, -0.2) is 18.4 Å². The van der Waals surface area contributed by atoms with Crippen LogP contribution < -0.4 is 5.73 Å². The lowest BCUT2D eigenvalue weighted by Gasteiger charge is -2.16. The lowest BCUT2D eigenvalue weighted by Crippen LogP contribution is -2.26. The molecule has 0 bridgehead atoms.